The number of pyridine rings is 2. The fourth-order valence-corrected chi connectivity index (χ4v) is 16.5. The van der Waals surface area contributed by atoms with Crippen LogP contribution in [0.5, 0.6) is 0 Å². The molecule has 0 radical (unpaired) electrons. The molecule has 11 heterocycles. The number of para-hydroxylation sites is 4. The van der Waals surface area contributed by atoms with Crippen LogP contribution in [0.2, 0.25) is 0 Å². The molecule has 5 aromatic carbocycles. The van der Waals surface area contributed by atoms with Crippen LogP contribution in [-0.4, -0.2) is 81.8 Å². The van der Waals surface area contributed by atoms with Gasteiger partial charge in [-0.1, -0.05) is 99.9 Å². The predicted molar refractivity (Wildman–Crippen MR) is 460 cm³/mol. The van der Waals surface area contributed by atoms with Crippen LogP contribution in [0.3, 0.4) is 0 Å². The van der Waals surface area contributed by atoms with E-state index in [2.05, 4.69) is 79.4 Å². The number of rotatable bonds is 20. The zero-order chi connectivity index (χ0) is 86.6. The van der Waals surface area contributed by atoms with E-state index in [0.29, 0.717) is 63.5 Å². The van der Waals surface area contributed by atoms with Crippen LogP contribution < -0.4 is 21.3 Å². The minimum Gasteiger partial charge on any atom is -0.449 e. The first kappa shape index (κ1) is 83.2. The van der Waals surface area contributed by atoms with Crippen LogP contribution in [0.1, 0.15) is 169 Å². The topological polar surface area (TPSA) is 292 Å². The molecular weight excluding hydrogens is 1620 g/mol. The van der Waals surface area contributed by atoms with Gasteiger partial charge in [0.25, 0.3) is 23.6 Å². The molecule has 4 amide bonds. The lowest BCUT2D eigenvalue weighted by Crippen LogP contribution is -2.12. The summed E-state index contributed by atoms with van der Waals surface area (Å²) in [5, 5.41) is 10.2. The van der Waals surface area contributed by atoms with Gasteiger partial charge >= 0.3 is 0 Å². The number of nitrogens with one attached hydrogen (secondary N) is 4. The molecule has 4 aliphatic rings. The Morgan fingerprint density at radius 2 is 0.587 bits per heavy atom. The highest BCUT2D eigenvalue weighted by molar-refractivity contribution is 6.05. The van der Waals surface area contributed by atoms with E-state index in [1.165, 1.54) is 105 Å². The second kappa shape index (κ2) is 38.1. The maximum atomic E-state index is 13.9. The summed E-state index contributed by atoms with van der Waals surface area (Å²) >= 11 is 0. The lowest BCUT2D eigenvalue weighted by Gasteiger charge is -2.15. The minimum absolute atomic E-state index is 0.0469. The van der Waals surface area contributed by atoms with Crippen LogP contribution in [0.25, 0.3) is 90.8 Å². The Kier molecular flexibility index (Phi) is 25.2. The Morgan fingerprint density at radius 1 is 0.294 bits per heavy atom. The van der Waals surface area contributed by atoms with E-state index in [1.807, 2.05) is 24.8 Å². The van der Waals surface area contributed by atoms with E-state index in [0.717, 1.165) is 117 Å². The number of carbonyl (C=O) groups excluding carboxylic acids is 4. The quantitative estimate of drug-likeness (QED) is 0.0407. The van der Waals surface area contributed by atoms with Crippen molar-refractivity contribution in [2.45, 2.75) is 127 Å². The SMILES string of the molecule is O=C(Nc1ccccc1F)c1ccc(-c2c(-c3ccc(F)cc3)ncn2C2CCCC2)o1.O=C(Nc1ccccc1F)c1ccc(-c2c(-c3ccc(F)nc3)ncn2C2CCCC2)o1.O=C(Nc1ccccc1F)c1ccc(-c2c(-c3cccnc3)ncn2C2CCCC2)o1.O=C(Nc1ccccc1F)c1ccc(-c2c(-c3cncnc3)ncn2C2CCCC2)o1. The molecule has 0 spiro atoms. The Labute approximate surface area is 717 Å². The molecule has 0 bridgehead atoms. The average molecular weight is 1700 g/mol. The van der Waals surface area contributed by atoms with Crippen LogP contribution in [-0.2, 0) is 0 Å². The van der Waals surface area contributed by atoms with Gasteiger partial charge in [0.15, 0.2) is 46.1 Å². The van der Waals surface area contributed by atoms with Crippen LogP contribution in [0, 0.1) is 35.0 Å². The number of furan rings is 4. The van der Waals surface area contributed by atoms with Crippen molar-refractivity contribution >= 4 is 46.4 Å². The van der Waals surface area contributed by atoms with Crippen molar-refractivity contribution in [2.24, 2.45) is 0 Å². The molecule has 30 heteroatoms. The zero-order valence-corrected chi connectivity index (χ0v) is 67.8. The fourth-order valence-electron chi connectivity index (χ4n) is 16.5. The monoisotopic (exact) mass is 1700 g/mol. The summed E-state index contributed by atoms with van der Waals surface area (Å²) in [5.41, 5.74) is 9.18. The van der Waals surface area contributed by atoms with Gasteiger partial charge in [0.1, 0.15) is 75.3 Å². The largest absolute Gasteiger partial charge is 0.449 e. The first-order valence-corrected chi connectivity index (χ1v) is 41.6. The molecule has 16 aromatic rings. The van der Waals surface area contributed by atoms with Gasteiger partial charge in [-0.05, 0) is 197 Å². The number of amides is 4. The highest BCUT2D eigenvalue weighted by atomic mass is 19.1. The molecule has 0 atom stereocenters. The second-order valence-corrected chi connectivity index (χ2v) is 30.8. The average Bonchev–Trinajstić information content (AvgIpc) is 1.64. The van der Waals surface area contributed by atoms with Crippen LogP contribution in [0.15, 0.2) is 274 Å². The summed E-state index contributed by atoms with van der Waals surface area (Å²) in [6.45, 7) is 0. The van der Waals surface area contributed by atoms with Crippen molar-refractivity contribution in [1.29, 1.82) is 0 Å². The van der Waals surface area contributed by atoms with Gasteiger partial charge in [0, 0.05) is 77.4 Å². The maximum absolute atomic E-state index is 13.9. The molecule has 24 nitrogen and oxygen atoms in total. The summed E-state index contributed by atoms with van der Waals surface area (Å²) in [5.74, 6) is -2.79. The van der Waals surface area contributed by atoms with Gasteiger partial charge in [0.05, 0.1) is 53.8 Å². The van der Waals surface area contributed by atoms with E-state index in [9.17, 15) is 45.5 Å². The highest BCUT2D eigenvalue weighted by Crippen LogP contribution is 2.45. The lowest BCUT2D eigenvalue weighted by atomic mass is 10.1. The molecule has 4 aliphatic carbocycles. The lowest BCUT2D eigenvalue weighted by molar-refractivity contribution is 0.0989. The van der Waals surface area contributed by atoms with Crippen molar-refractivity contribution in [1.82, 2.24) is 58.1 Å². The number of hydrogen-bond acceptors (Lipinski definition) is 16. The van der Waals surface area contributed by atoms with Gasteiger partial charge < -0.3 is 57.2 Å². The zero-order valence-electron chi connectivity index (χ0n) is 67.8. The Hall–Kier alpha value is -15.1. The van der Waals surface area contributed by atoms with Crippen molar-refractivity contribution in [3.63, 3.8) is 0 Å². The standard InChI is InChI=1S/C25H21F2N3O2.C24H20F2N4O2.C24H21FN4O2.C23H20FN5O2/c26-17-11-9-16(10-12-17)23-24(30(15-28-23)18-5-1-2-6-18)21-13-14-22(32-21)25(31)29-20-8-4-3-7-19(20)27;25-17-7-3-4-8-18(17)29-24(31)20-11-10-19(32-20)23-22(15-9-12-21(26)27-13-15)28-14-30(23)16-5-1-2-6-16;25-18-9-3-4-10-19(18)28-24(30)21-12-11-20(31-21)23-22(16-6-5-13-26-14-16)27-15-29(23)17-7-1-2-8-17;24-17-7-3-4-8-18(17)28-23(30)20-10-9-19(31-20)22-21(15-11-25-13-26-12-15)27-14-29(22)16-5-1-2-6-16/h3-4,7-15,18H,1-2,5-6H2,(H,29,31);3-4,7-14,16H,1-2,5-6H2,(H,29,31);3-6,9-15,17H,1-2,7-8H2,(H,28,30);3-4,7-14,16H,1-2,5-6H2,(H,28,30). The Balaban J connectivity index is 0.000000119. The molecule has 0 saturated heterocycles. The van der Waals surface area contributed by atoms with Gasteiger partial charge in [-0.3, -0.25) is 24.2 Å². The van der Waals surface area contributed by atoms with Crippen LogP contribution in [0.4, 0.5) is 49.1 Å². The third-order valence-electron chi connectivity index (χ3n) is 22.7. The molecule has 20 rings (SSSR count). The van der Waals surface area contributed by atoms with E-state index in [4.69, 9.17) is 17.7 Å². The molecular formula is C96H82F6N16O8. The molecule has 636 valence electrons. The van der Waals surface area contributed by atoms with Gasteiger partial charge in [0.2, 0.25) is 5.95 Å². The molecule has 4 saturated carbocycles. The summed E-state index contributed by atoms with van der Waals surface area (Å²) in [4.78, 5) is 85.1. The minimum atomic E-state index is -0.573. The number of carbonyl (C=O) groups is 4. The van der Waals surface area contributed by atoms with E-state index >= 15 is 0 Å². The Bertz CT molecular complexity index is 6100. The number of nitrogens with zero attached hydrogens (tertiary/aromatic N) is 12. The fraction of sp³-hybridized carbons (Fsp3) is 0.208. The molecule has 126 heavy (non-hydrogen) atoms. The van der Waals surface area contributed by atoms with E-state index in [-0.39, 0.29) is 63.7 Å². The van der Waals surface area contributed by atoms with E-state index in [1.54, 1.807) is 153 Å². The van der Waals surface area contributed by atoms with Crippen molar-refractivity contribution in [3.8, 4) is 90.8 Å². The number of halogens is 6. The van der Waals surface area contributed by atoms with Crippen molar-refractivity contribution in [2.75, 3.05) is 21.3 Å². The number of aromatic nitrogens is 12. The smallest absolute Gasteiger partial charge is 0.291 e. The van der Waals surface area contributed by atoms with E-state index < -0.39 is 52.8 Å². The summed E-state index contributed by atoms with van der Waals surface area (Å²) < 4.78 is 115. The Morgan fingerprint density at radius 3 is 0.889 bits per heavy atom. The highest BCUT2D eigenvalue weighted by Gasteiger charge is 2.32. The first-order valence-electron chi connectivity index (χ1n) is 41.6. The van der Waals surface area contributed by atoms with Crippen molar-refractivity contribution < 1.29 is 63.2 Å². The van der Waals surface area contributed by atoms with Gasteiger partial charge in [-0.25, -0.2) is 56.8 Å². The molecule has 4 fully saturated rings. The molecule has 4 N–H and O–H groups in total. The van der Waals surface area contributed by atoms with Gasteiger partial charge in [-0.2, -0.15) is 4.39 Å². The second-order valence-electron chi connectivity index (χ2n) is 30.8. The molecule has 0 unspecified atom stereocenters. The maximum Gasteiger partial charge on any atom is 0.291 e. The summed E-state index contributed by atoms with van der Waals surface area (Å²) in [7, 11) is 0. The number of anilines is 4. The van der Waals surface area contributed by atoms with Gasteiger partial charge in [-0.15, -0.1) is 0 Å². The predicted octanol–water partition coefficient (Wildman–Crippen LogP) is 23.1. The molecule has 11 aromatic heterocycles. The summed E-state index contributed by atoms with van der Waals surface area (Å²) in [6, 6.07) is 51.2. The first-order chi connectivity index (χ1) is 61.6. The van der Waals surface area contributed by atoms with Crippen LogP contribution >= 0.6 is 0 Å². The third-order valence-corrected chi connectivity index (χ3v) is 22.7. The molecule has 0 aliphatic heterocycles. The van der Waals surface area contributed by atoms with Crippen molar-refractivity contribution in [3.05, 3.63) is 315 Å². The summed E-state index contributed by atoms with van der Waals surface area (Å²) in [6.07, 6.45) is 34.6. The number of benzene rings is 5. The number of imidazole rings is 4. The third kappa shape index (κ3) is 18.6. The number of hydrogen-bond donors (Lipinski definition) is 4. The normalized spacial score (nSPS) is 14.1.